The Morgan fingerprint density at radius 1 is 0.896 bits per heavy atom. The predicted molar refractivity (Wildman–Crippen MR) is 190 cm³/mol. The lowest BCUT2D eigenvalue weighted by atomic mass is 9.81. The van der Waals surface area contributed by atoms with Crippen LogP contribution in [0, 0.1) is 31.1 Å². The van der Waals surface area contributed by atoms with Gasteiger partial charge in [-0.05, 0) is 122 Å². The molecular formula is C41H46N2O5. The fourth-order valence-electron chi connectivity index (χ4n) is 6.32. The molecule has 250 valence electrons. The van der Waals surface area contributed by atoms with Crippen molar-refractivity contribution in [2.45, 2.75) is 67.2 Å². The lowest BCUT2D eigenvalue weighted by molar-refractivity contribution is -0.121. The monoisotopic (exact) mass is 646 g/mol. The number of carbonyl (C=O) groups is 3. The van der Waals surface area contributed by atoms with Crippen LogP contribution in [0.5, 0.6) is 11.5 Å². The van der Waals surface area contributed by atoms with Crippen molar-refractivity contribution in [3.8, 4) is 22.6 Å². The molecule has 5 rings (SSSR count). The number of ketones is 1. The Balaban J connectivity index is 1.45. The Labute approximate surface area is 284 Å². The van der Waals surface area contributed by atoms with Crippen molar-refractivity contribution in [1.82, 2.24) is 4.98 Å². The molecule has 3 aromatic carbocycles. The normalized spacial score (nSPS) is 14.2. The fourth-order valence-corrected chi connectivity index (χ4v) is 6.32. The van der Waals surface area contributed by atoms with Gasteiger partial charge in [0.25, 0.3) is 5.91 Å². The lowest BCUT2D eigenvalue weighted by Crippen LogP contribution is -2.38. The zero-order valence-corrected chi connectivity index (χ0v) is 29.3. The summed E-state index contributed by atoms with van der Waals surface area (Å²) in [6.45, 7) is 14.1. The number of esters is 1. The van der Waals surface area contributed by atoms with Crippen LogP contribution in [0.15, 0.2) is 78.9 Å². The molecule has 7 heteroatoms. The summed E-state index contributed by atoms with van der Waals surface area (Å²) in [4.78, 5) is 46.5. The fraction of sp³-hybridized carbons (Fsp3) is 0.366. The maximum Gasteiger partial charge on any atom is 0.343 e. The van der Waals surface area contributed by atoms with E-state index in [9.17, 15) is 14.4 Å². The molecule has 0 radical (unpaired) electrons. The maximum absolute atomic E-state index is 14.3. The van der Waals surface area contributed by atoms with E-state index in [0.717, 1.165) is 29.7 Å². The number of carbonyl (C=O) groups excluding carboxylic acids is 3. The standard InChI is InChI=1S/C41H46N2O5/c1-25-21-30(17-19-34(25)40(46)48-33-13-10-12-31(22-33)38(29-15-16-29)27(3)28(4)44)36-23-32(47-8)18-20-35(36)39(45)43(24-41(5,6)7)37-14-9-11-26(2)42-37/h9-14,17-23,27,29,38H,15-16,24H2,1-8H3/t27-,38+/m1/s1. The van der Waals surface area contributed by atoms with E-state index >= 15 is 0 Å². The number of anilines is 1. The van der Waals surface area contributed by atoms with Gasteiger partial charge in [0.2, 0.25) is 0 Å². The number of hydrogen-bond donors (Lipinski definition) is 0. The molecule has 1 fully saturated rings. The molecule has 1 amide bonds. The van der Waals surface area contributed by atoms with E-state index < -0.39 is 5.97 Å². The maximum atomic E-state index is 14.3. The van der Waals surface area contributed by atoms with Gasteiger partial charge in [-0.1, -0.05) is 58.0 Å². The highest BCUT2D eigenvalue weighted by Crippen LogP contribution is 2.47. The average molecular weight is 647 g/mol. The number of methoxy groups -OCH3 is 1. The van der Waals surface area contributed by atoms with Gasteiger partial charge in [-0.3, -0.25) is 14.5 Å². The van der Waals surface area contributed by atoms with Crippen LogP contribution in [-0.2, 0) is 4.79 Å². The molecule has 7 nitrogen and oxygen atoms in total. The van der Waals surface area contributed by atoms with Gasteiger partial charge in [0.15, 0.2) is 0 Å². The second kappa shape index (κ2) is 14.1. The third kappa shape index (κ3) is 8.01. The highest BCUT2D eigenvalue weighted by Gasteiger charge is 2.37. The number of nitrogens with zero attached hydrogens (tertiary/aromatic N) is 2. The van der Waals surface area contributed by atoms with Crippen molar-refractivity contribution >= 4 is 23.5 Å². The summed E-state index contributed by atoms with van der Waals surface area (Å²) >= 11 is 0. The number of pyridine rings is 1. The molecule has 1 aliphatic carbocycles. The van der Waals surface area contributed by atoms with E-state index in [1.54, 1.807) is 43.2 Å². The first-order chi connectivity index (χ1) is 22.8. The van der Waals surface area contributed by atoms with Crippen molar-refractivity contribution in [1.29, 1.82) is 0 Å². The van der Waals surface area contributed by atoms with Crippen LogP contribution < -0.4 is 14.4 Å². The quantitative estimate of drug-likeness (QED) is 0.119. The van der Waals surface area contributed by atoms with Gasteiger partial charge < -0.3 is 9.47 Å². The van der Waals surface area contributed by atoms with Gasteiger partial charge in [0.1, 0.15) is 23.1 Å². The van der Waals surface area contributed by atoms with Crippen LogP contribution in [0.25, 0.3) is 11.1 Å². The Morgan fingerprint density at radius 3 is 2.23 bits per heavy atom. The third-order valence-corrected chi connectivity index (χ3v) is 9.01. The van der Waals surface area contributed by atoms with Gasteiger partial charge >= 0.3 is 5.97 Å². The molecule has 1 aliphatic rings. The molecule has 2 atom stereocenters. The molecule has 0 spiro atoms. The molecule has 1 aromatic heterocycles. The van der Waals surface area contributed by atoms with E-state index in [-0.39, 0.29) is 28.9 Å². The van der Waals surface area contributed by atoms with Gasteiger partial charge in [-0.25, -0.2) is 9.78 Å². The van der Waals surface area contributed by atoms with Crippen molar-refractivity contribution in [2.24, 2.45) is 17.3 Å². The summed E-state index contributed by atoms with van der Waals surface area (Å²) in [6.07, 6.45) is 2.21. The zero-order chi connectivity index (χ0) is 34.7. The van der Waals surface area contributed by atoms with Crippen molar-refractivity contribution in [3.63, 3.8) is 0 Å². The van der Waals surface area contributed by atoms with Crippen LogP contribution in [-0.4, -0.2) is 36.3 Å². The summed E-state index contributed by atoms with van der Waals surface area (Å²) in [5.74, 6) is 1.67. The highest BCUT2D eigenvalue weighted by molar-refractivity contribution is 6.10. The topological polar surface area (TPSA) is 85.8 Å². The number of rotatable bonds is 11. The first kappa shape index (κ1) is 34.6. The lowest BCUT2D eigenvalue weighted by Gasteiger charge is -2.30. The third-order valence-electron chi connectivity index (χ3n) is 9.01. The highest BCUT2D eigenvalue weighted by atomic mass is 16.5. The number of amides is 1. The molecule has 0 saturated heterocycles. The van der Waals surface area contributed by atoms with E-state index in [1.165, 1.54) is 0 Å². The average Bonchev–Trinajstić information content (AvgIpc) is 3.88. The smallest absolute Gasteiger partial charge is 0.343 e. The number of benzene rings is 3. The van der Waals surface area contributed by atoms with E-state index in [1.807, 2.05) is 75.4 Å². The van der Waals surface area contributed by atoms with E-state index in [2.05, 4.69) is 25.8 Å². The zero-order valence-electron chi connectivity index (χ0n) is 29.3. The second-order valence-corrected chi connectivity index (χ2v) is 14.3. The SMILES string of the molecule is COc1ccc(C(=O)N(CC(C)(C)C)c2cccc(C)n2)c(-c2ccc(C(=O)Oc3cccc([C@H](C4CC4)[C@H](C)C(C)=O)c3)c(C)c2)c1. The molecule has 0 bridgehead atoms. The van der Waals surface area contributed by atoms with Gasteiger partial charge in [-0.15, -0.1) is 0 Å². The Bertz CT molecular complexity index is 1840. The predicted octanol–water partition coefficient (Wildman–Crippen LogP) is 9.00. The Morgan fingerprint density at radius 2 is 1.60 bits per heavy atom. The summed E-state index contributed by atoms with van der Waals surface area (Å²) in [5, 5.41) is 0. The van der Waals surface area contributed by atoms with Crippen LogP contribution in [0.2, 0.25) is 0 Å². The van der Waals surface area contributed by atoms with Gasteiger partial charge in [-0.2, -0.15) is 0 Å². The van der Waals surface area contributed by atoms with Crippen molar-refractivity contribution in [2.75, 3.05) is 18.6 Å². The van der Waals surface area contributed by atoms with Crippen LogP contribution >= 0.6 is 0 Å². The molecule has 1 saturated carbocycles. The molecular weight excluding hydrogens is 600 g/mol. The minimum atomic E-state index is -0.470. The molecule has 0 unspecified atom stereocenters. The summed E-state index contributed by atoms with van der Waals surface area (Å²) in [5.41, 5.74) is 4.76. The summed E-state index contributed by atoms with van der Waals surface area (Å²) in [6, 6.07) is 24.1. The molecule has 4 aromatic rings. The number of aryl methyl sites for hydroxylation is 2. The first-order valence-corrected chi connectivity index (χ1v) is 16.6. The second-order valence-electron chi connectivity index (χ2n) is 14.3. The van der Waals surface area contributed by atoms with Gasteiger partial charge in [0.05, 0.1) is 12.7 Å². The minimum Gasteiger partial charge on any atom is -0.497 e. The molecule has 48 heavy (non-hydrogen) atoms. The van der Waals surface area contributed by atoms with E-state index in [0.29, 0.717) is 52.0 Å². The van der Waals surface area contributed by atoms with Crippen LogP contribution in [0.3, 0.4) is 0 Å². The Kier molecular flexibility index (Phi) is 10.2. The van der Waals surface area contributed by atoms with Crippen molar-refractivity contribution in [3.05, 3.63) is 107 Å². The first-order valence-electron chi connectivity index (χ1n) is 16.6. The number of hydrogen-bond acceptors (Lipinski definition) is 6. The van der Waals surface area contributed by atoms with Gasteiger partial charge in [0, 0.05) is 23.7 Å². The molecule has 0 N–H and O–H groups in total. The number of Topliss-reactive ketones (excluding diaryl/α,β-unsaturated/α-hetero) is 1. The number of ether oxygens (including phenoxy) is 2. The van der Waals surface area contributed by atoms with Crippen LogP contribution in [0.4, 0.5) is 5.82 Å². The van der Waals surface area contributed by atoms with Crippen molar-refractivity contribution < 1.29 is 23.9 Å². The summed E-state index contributed by atoms with van der Waals surface area (Å²) < 4.78 is 11.4. The molecule has 1 heterocycles. The number of aromatic nitrogens is 1. The molecule has 0 aliphatic heterocycles. The Hall–Kier alpha value is -4.78. The van der Waals surface area contributed by atoms with Crippen LogP contribution in [0.1, 0.15) is 90.9 Å². The van der Waals surface area contributed by atoms with E-state index in [4.69, 9.17) is 9.47 Å². The minimum absolute atomic E-state index is 0.0970. The summed E-state index contributed by atoms with van der Waals surface area (Å²) in [7, 11) is 1.59. The largest absolute Gasteiger partial charge is 0.497 e.